The van der Waals surface area contributed by atoms with E-state index in [0.29, 0.717) is 36.5 Å². The molecule has 1 aromatic carbocycles. The van der Waals surface area contributed by atoms with Gasteiger partial charge in [-0.05, 0) is 30.7 Å². The van der Waals surface area contributed by atoms with Crippen molar-refractivity contribution in [3.8, 4) is 11.3 Å². The van der Waals surface area contributed by atoms with Crippen LogP contribution < -0.4 is 5.62 Å². The minimum atomic E-state index is -0.583. The number of carbonyl (C=O) groups excluding carboxylic acids is 1. The Morgan fingerprint density at radius 3 is 3.00 bits per heavy atom. The predicted octanol–water partition coefficient (Wildman–Crippen LogP) is 1.83. The summed E-state index contributed by atoms with van der Waals surface area (Å²) in [4.78, 5) is 25.0. The van der Waals surface area contributed by atoms with Gasteiger partial charge in [0.15, 0.2) is 0 Å². The van der Waals surface area contributed by atoms with Crippen molar-refractivity contribution in [1.82, 2.24) is 24.3 Å². The number of nitrogens with one attached hydrogen (secondary N) is 1. The number of nitrogens with zero attached hydrogens (tertiary/aromatic N) is 5. The van der Waals surface area contributed by atoms with Crippen molar-refractivity contribution in [1.29, 1.82) is 0 Å². The van der Waals surface area contributed by atoms with Crippen LogP contribution in [0.2, 0.25) is 0 Å². The number of para-hydroxylation sites is 2. The van der Waals surface area contributed by atoms with Crippen molar-refractivity contribution in [2.75, 3.05) is 13.2 Å². The summed E-state index contributed by atoms with van der Waals surface area (Å²) in [6, 6.07) is 10.7. The van der Waals surface area contributed by atoms with Crippen LogP contribution in [0.5, 0.6) is 0 Å². The molecule has 5 rings (SSSR count). The molecule has 9 heteroatoms. The molecule has 4 heterocycles. The van der Waals surface area contributed by atoms with Gasteiger partial charge in [0.05, 0.1) is 41.7 Å². The molecule has 0 radical (unpaired) electrons. The molecular weight excluding hydrogens is 396 g/mol. The number of aromatic nitrogens is 5. The molecule has 31 heavy (non-hydrogen) atoms. The van der Waals surface area contributed by atoms with Crippen LogP contribution >= 0.6 is 0 Å². The highest BCUT2D eigenvalue weighted by Crippen LogP contribution is 2.23. The first-order chi connectivity index (χ1) is 15.1. The van der Waals surface area contributed by atoms with Crippen LogP contribution in [0.3, 0.4) is 0 Å². The molecule has 158 valence electrons. The zero-order valence-electron chi connectivity index (χ0n) is 17.0. The summed E-state index contributed by atoms with van der Waals surface area (Å²) in [7, 11) is 1.83. The number of fused-ring (bicyclic) bond motifs is 1. The van der Waals surface area contributed by atoms with E-state index in [9.17, 15) is 9.90 Å². The molecule has 2 N–H and O–H groups in total. The molecule has 1 aliphatic rings. The first-order valence-electron chi connectivity index (χ1n) is 10.1. The van der Waals surface area contributed by atoms with Crippen molar-refractivity contribution in [2.45, 2.75) is 18.6 Å². The van der Waals surface area contributed by atoms with Crippen molar-refractivity contribution in [3.63, 3.8) is 0 Å². The monoisotopic (exact) mass is 418 g/mol. The van der Waals surface area contributed by atoms with Gasteiger partial charge in [0.25, 0.3) is 5.91 Å². The molecule has 1 aliphatic heterocycles. The van der Waals surface area contributed by atoms with Gasteiger partial charge in [0.1, 0.15) is 0 Å². The fourth-order valence-electron chi connectivity index (χ4n) is 3.90. The Morgan fingerprint density at radius 2 is 2.19 bits per heavy atom. The number of ether oxygens (including phenoxy) is 1. The number of rotatable bonds is 3. The lowest BCUT2D eigenvalue weighted by molar-refractivity contribution is -0.0290. The number of benzene rings is 1. The normalized spacial score (nSPS) is 19.7. The predicted molar refractivity (Wildman–Crippen MR) is 113 cm³/mol. The Balaban J connectivity index is 1.59. The van der Waals surface area contributed by atoms with Crippen molar-refractivity contribution in [2.24, 2.45) is 12.0 Å². The number of aromatic amines is 1. The fraction of sp³-hybridized carbons (Fsp3) is 0.273. The summed E-state index contributed by atoms with van der Waals surface area (Å²) < 4.78 is 9.14. The Kier molecular flexibility index (Phi) is 4.97. The van der Waals surface area contributed by atoms with E-state index in [2.05, 4.69) is 20.1 Å². The van der Waals surface area contributed by atoms with Gasteiger partial charge in [-0.2, -0.15) is 10.1 Å². The van der Waals surface area contributed by atoms with E-state index in [1.165, 1.54) is 0 Å². The number of carbonyl (C=O) groups is 1. The van der Waals surface area contributed by atoms with E-state index in [0.717, 1.165) is 16.6 Å². The number of hydrogen-bond donors (Lipinski definition) is 2. The van der Waals surface area contributed by atoms with E-state index >= 15 is 0 Å². The van der Waals surface area contributed by atoms with Gasteiger partial charge in [-0.25, -0.2) is 0 Å². The Labute approximate surface area is 177 Å². The fourth-order valence-corrected chi connectivity index (χ4v) is 3.90. The Bertz CT molecular complexity index is 1320. The quantitative estimate of drug-likeness (QED) is 0.527. The molecule has 1 fully saturated rings. The highest BCUT2D eigenvalue weighted by Gasteiger charge is 2.28. The second-order valence-corrected chi connectivity index (χ2v) is 7.58. The maximum atomic E-state index is 13.1. The molecule has 2 atom stereocenters. The minimum absolute atomic E-state index is 0.333. The van der Waals surface area contributed by atoms with Gasteiger partial charge < -0.3 is 19.4 Å². The number of aryl methyl sites for hydroxylation is 1. The number of aliphatic hydroxyl groups is 1. The van der Waals surface area contributed by atoms with Crippen molar-refractivity contribution in [3.05, 3.63) is 66.2 Å². The largest absolute Gasteiger partial charge is 0.391 e. The van der Waals surface area contributed by atoms with Crippen LogP contribution in [0.1, 0.15) is 22.8 Å². The number of H-pyrrole nitrogens is 1. The lowest BCUT2D eigenvalue weighted by Crippen LogP contribution is -2.39. The standard InChI is InChI=1S/C22H22N6O3/c1-27-12-15(11-24-27)17-10-14(6-8-23-17)21(30)26-22-25-16-4-2-3-5-18(16)28(22)19-13-31-9-7-20(19)29/h2-6,8,10-12,19-20,29H,7,9,13H2,1H3,(H,25,26,30)/t19-,20-/m0/s1. The van der Waals surface area contributed by atoms with Crippen LogP contribution in [0.4, 0.5) is 0 Å². The zero-order chi connectivity index (χ0) is 21.4. The maximum absolute atomic E-state index is 13.1. The van der Waals surface area contributed by atoms with Gasteiger partial charge in [-0.3, -0.25) is 14.5 Å². The SMILES string of the molecule is Cn1cc(-c2cc(C(=O)/N=c3\[nH]c4ccccc4n3[C@H]3COCC[C@@H]3O)ccn2)cn1. The van der Waals surface area contributed by atoms with Crippen LogP contribution in [0.25, 0.3) is 22.3 Å². The molecule has 4 aromatic rings. The average molecular weight is 418 g/mol. The van der Waals surface area contributed by atoms with Crippen LogP contribution in [-0.4, -0.2) is 54.6 Å². The summed E-state index contributed by atoms with van der Waals surface area (Å²) in [5.74, 6) is -0.404. The summed E-state index contributed by atoms with van der Waals surface area (Å²) >= 11 is 0. The van der Waals surface area contributed by atoms with Crippen LogP contribution in [0.15, 0.2) is 60.0 Å². The summed E-state index contributed by atoms with van der Waals surface area (Å²) in [5.41, 5.74) is 3.95. The lowest BCUT2D eigenvalue weighted by atomic mass is 10.1. The summed E-state index contributed by atoms with van der Waals surface area (Å²) in [6.07, 6.45) is 5.07. The Hall–Kier alpha value is -3.56. The lowest BCUT2D eigenvalue weighted by Gasteiger charge is -2.29. The van der Waals surface area contributed by atoms with E-state index in [1.54, 1.807) is 29.2 Å². The second kappa shape index (κ2) is 7.93. The number of pyridine rings is 1. The highest BCUT2D eigenvalue weighted by molar-refractivity contribution is 5.95. The molecule has 0 unspecified atom stereocenters. The van der Waals surface area contributed by atoms with E-state index in [1.807, 2.05) is 42.1 Å². The molecule has 3 aromatic heterocycles. The first-order valence-corrected chi connectivity index (χ1v) is 10.1. The molecule has 0 aliphatic carbocycles. The third kappa shape index (κ3) is 3.69. The number of amides is 1. The Morgan fingerprint density at radius 1 is 1.32 bits per heavy atom. The molecule has 0 saturated carbocycles. The molecular formula is C22H22N6O3. The van der Waals surface area contributed by atoms with Gasteiger partial charge in [0.2, 0.25) is 5.62 Å². The molecule has 9 nitrogen and oxygen atoms in total. The molecule has 0 spiro atoms. The molecule has 1 amide bonds. The minimum Gasteiger partial charge on any atom is -0.391 e. The second-order valence-electron chi connectivity index (χ2n) is 7.58. The van der Waals surface area contributed by atoms with Gasteiger partial charge in [-0.15, -0.1) is 0 Å². The summed E-state index contributed by atoms with van der Waals surface area (Å²) in [6.45, 7) is 0.866. The highest BCUT2D eigenvalue weighted by atomic mass is 16.5. The van der Waals surface area contributed by atoms with E-state index in [-0.39, 0.29) is 6.04 Å². The van der Waals surface area contributed by atoms with Gasteiger partial charge >= 0.3 is 0 Å². The van der Waals surface area contributed by atoms with Gasteiger partial charge in [0, 0.05) is 37.2 Å². The topological polar surface area (TPSA) is 110 Å². The smallest absolute Gasteiger partial charge is 0.280 e. The average Bonchev–Trinajstić information content (AvgIpc) is 3.37. The van der Waals surface area contributed by atoms with Crippen LogP contribution in [0, 0.1) is 0 Å². The van der Waals surface area contributed by atoms with Gasteiger partial charge in [-0.1, -0.05) is 12.1 Å². The molecule has 1 saturated heterocycles. The number of imidazole rings is 1. The third-order valence-corrected chi connectivity index (χ3v) is 5.48. The van der Waals surface area contributed by atoms with Crippen molar-refractivity contribution < 1.29 is 14.6 Å². The van der Waals surface area contributed by atoms with Crippen LogP contribution in [-0.2, 0) is 11.8 Å². The number of aliphatic hydroxyl groups excluding tert-OH is 1. The third-order valence-electron chi connectivity index (χ3n) is 5.48. The summed E-state index contributed by atoms with van der Waals surface area (Å²) in [5, 5.41) is 14.7. The van der Waals surface area contributed by atoms with E-state index < -0.39 is 12.0 Å². The zero-order valence-corrected chi connectivity index (χ0v) is 17.0. The van der Waals surface area contributed by atoms with Crippen molar-refractivity contribution >= 4 is 16.9 Å². The molecule has 0 bridgehead atoms. The first kappa shape index (κ1) is 19.4. The number of hydrogen-bond acceptors (Lipinski definition) is 5. The maximum Gasteiger partial charge on any atom is 0.280 e. The van der Waals surface area contributed by atoms with E-state index in [4.69, 9.17) is 4.74 Å².